The maximum absolute atomic E-state index is 10.3. The van der Waals surface area contributed by atoms with Gasteiger partial charge in [0.15, 0.2) is 0 Å². The first kappa shape index (κ1) is 28.6. The van der Waals surface area contributed by atoms with E-state index in [1.165, 1.54) is 51.4 Å². The first-order chi connectivity index (χ1) is 12.2. The molecular formula is C20H39NaO5. The Hall–Kier alpha value is 0.350. The van der Waals surface area contributed by atoms with Crippen LogP contribution in [0.25, 0.3) is 0 Å². The molecule has 0 fully saturated rings. The summed E-state index contributed by atoms with van der Waals surface area (Å²) in [5.74, 6) is -1.20. The summed E-state index contributed by atoms with van der Waals surface area (Å²) in [7, 11) is 0. The van der Waals surface area contributed by atoms with Crippen molar-refractivity contribution in [3.05, 3.63) is 0 Å². The Labute approximate surface area is 182 Å². The third-order valence-corrected chi connectivity index (χ3v) is 4.08. The van der Waals surface area contributed by atoms with Gasteiger partial charge in [0, 0.05) is 6.61 Å². The van der Waals surface area contributed by atoms with Crippen molar-refractivity contribution in [2.24, 2.45) is 0 Å². The predicted octanol–water partition coefficient (Wildman–Crippen LogP) is 0.490. The van der Waals surface area contributed by atoms with Crippen LogP contribution in [0.2, 0.25) is 0 Å². The molecule has 0 N–H and O–H groups in total. The Morgan fingerprint density at radius 3 is 2.00 bits per heavy atom. The Kier molecular flexibility index (Phi) is 25.7. The number of ether oxygens (including phenoxy) is 3. The summed E-state index contributed by atoms with van der Waals surface area (Å²) in [6, 6.07) is 0. The van der Waals surface area contributed by atoms with Crippen LogP contribution in [0.4, 0.5) is 0 Å². The number of aliphatic carboxylic acids is 1. The maximum Gasteiger partial charge on any atom is 1.00 e. The van der Waals surface area contributed by atoms with Crippen LogP contribution in [0, 0.1) is 0 Å². The van der Waals surface area contributed by atoms with Gasteiger partial charge in [-0.15, -0.1) is 0 Å². The number of hydrogen-bond acceptors (Lipinski definition) is 5. The van der Waals surface area contributed by atoms with Crippen LogP contribution in [0.5, 0.6) is 0 Å². The average molecular weight is 383 g/mol. The van der Waals surface area contributed by atoms with Gasteiger partial charge in [-0.2, -0.15) is 0 Å². The molecule has 0 aromatic heterocycles. The third kappa shape index (κ3) is 22.4. The molecule has 1 atom stereocenters. The number of hydrogen-bond donors (Lipinski definition) is 0. The topological polar surface area (TPSA) is 67.8 Å². The summed E-state index contributed by atoms with van der Waals surface area (Å²) in [5, 5.41) is 10.3. The van der Waals surface area contributed by atoms with Gasteiger partial charge in [0.1, 0.15) is 0 Å². The van der Waals surface area contributed by atoms with Crippen LogP contribution in [0.3, 0.4) is 0 Å². The molecule has 26 heavy (non-hydrogen) atoms. The third-order valence-electron chi connectivity index (χ3n) is 4.08. The molecule has 1 unspecified atom stereocenters. The number of carbonyl (C=O) groups is 1. The van der Waals surface area contributed by atoms with Crippen molar-refractivity contribution in [3.63, 3.8) is 0 Å². The normalized spacial score (nSPS) is 11.9. The van der Waals surface area contributed by atoms with Crippen molar-refractivity contribution in [1.29, 1.82) is 0 Å². The first-order valence-electron chi connectivity index (χ1n) is 10.2. The molecule has 0 aliphatic rings. The minimum absolute atomic E-state index is 0. The first-order valence-corrected chi connectivity index (χ1v) is 10.2. The molecule has 0 saturated carbocycles. The molecule has 0 radical (unpaired) electrons. The van der Waals surface area contributed by atoms with Gasteiger partial charge in [-0.1, -0.05) is 71.6 Å². The zero-order valence-electron chi connectivity index (χ0n) is 17.4. The van der Waals surface area contributed by atoms with Crippen LogP contribution >= 0.6 is 0 Å². The molecule has 5 nitrogen and oxygen atoms in total. The molecule has 0 amide bonds. The van der Waals surface area contributed by atoms with E-state index in [4.69, 9.17) is 14.2 Å². The van der Waals surface area contributed by atoms with Gasteiger partial charge in [0.05, 0.1) is 38.5 Å². The molecule has 0 saturated heterocycles. The summed E-state index contributed by atoms with van der Waals surface area (Å²) in [6.45, 7) is 5.98. The van der Waals surface area contributed by atoms with E-state index < -0.39 is 5.97 Å². The second kappa shape index (κ2) is 23.4. The Balaban J connectivity index is 0. The van der Waals surface area contributed by atoms with E-state index in [-0.39, 0.29) is 48.9 Å². The van der Waals surface area contributed by atoms with E-state index >= 15 is 0 Å². The molecule has 0 aliphatic carbocycles. The van der Waals surface area contributed by atoms with Crippen molar-refractivity contribution in [2.75, 3.05) is 33.0 Å². The summed E-state index contributed by atoms with van der Waals surface area (Å²) >= 11 is 0. The quantitative estimate of drug-likeness (QED) is 0.226. The Morgan fingerprint density at radius 1 is 0.808 bits per heavy atom. The zero-order valence-corrected chi connectivity index (χ0v) is 19.4. The second-order valence-electron chi connectivity index (χ2n) is 6.61. The fourth-order valence-corrected chi connectivity index (χ4v) is 2.69. The summed E-state index contributed by atoms with van der Waals surface area (Å²) < 4.78 is 16.3. The van der Waals surface area contributed by atoms with Crippen LogP contribution in [-0.2, 0) is 19.0 Å². The number of carboxylic acids is 1. The predicted molar refractivity (Wildman–Crippen MR) is 98.5 cm³/mol. The fraction of sp³-hybridized carbons (Fsp3) is 0.950. The van der Waals surface area contributed by atoms with Gasteiger partial charge in [-0.05, 0) is 12.8 Å². The van der Waals surface area contributed by atoms with Crippen LogP contribution in [-0.4, -0.2) is 45.1 Å². The monoisotopic (exact) mass is 382 g/mol. The van der Waals surface area contributed by atoms with Gasteiger partial charge in [0.25, 0.3) is 0 Å². The maximum atomic E-state index is 10.3. The SMILES string of the molecule is CCCCCCCCCCCC(COCCC)OCCOCC(=O)[O-].[Na+]. The van der Waals surface area contributed by atoms with E-state index in [2.05, 4.69) is 13.8 Å². The fourth-order valence-electron chi connectivity index (χ4n) is 2.69. The van der Waals surface area contributed by atoms with Crippen molar-refractivity contribution in [1.82, 2.24) is 0 Å². The van der Waals surface area contributed by atoms with Gasteiger partial charge in [0.2, 0.25) is 0 Å². The van der Waals surface area contributed by atoms with Gasteiger partial charge < -0.3 is 24.1 Å². The van der Waals surface area contributed by atoms with Crippen molar-refractivity contribution < 1.29 is 53.7 Å². The van der Waals surface area contributed by atoms with E-state index in [0.29, 0.717) is 13.2 Å². The molecule has 150 valence electrons. The minimum atomic E-state index is -1.20. The number of carbonyl (C=O) groups excluding carboxylic acids is 1. The molecule has 0 aromatic carbocycles. The molecule has 0 spiro atoms. The van der Waals surface area contributed by atoms with Crippen LogP contribution in [0.1, 0.15) is 84.5 Å². The number of carboxylic acid groups (broad SMARTS) is 1. The minimum Gasteiger partial charge on any atom is -0.548 e. The molecular weight excluding hydrogens is 343 g/mol. The molecule has 0 aliphatic heterocycles. The van der Waals surface area contributed by atoms with Crippen molar-refractivity contribution in [2.45, 2.75) is 90.6 Å². The van der Waals surface area contributed by atoms with E-state index in [1.54, 1.807) is 0 Å². The van der Waals surface area contributed by atoms with Crippen molar-refractivity contribution >= 4 is 5.97 Å². The Morgan fingerprint density at radius 2 is 1.42 bits per heavy atom. The molecule has 6 heteroatoms. The van der Waals surface area contributed by atoms with Crippen LogP contribution in [0.15, 0.2) is 0 Å². The average Bonchev–Trinajstić information content (AvgIpc) is 2.59. The molecule has 0 rings (SSSR count). The van der Waals surface area contributed by atoms with E-state index in [0.717, 1.165) is 25.9 Å². The summed E-state index contributed by atoms with van der Waals surface area (Å²) in [5.41, 5.74) is 0. The molecule has 0 aromatic rings. The summed E-state index contributed by atoms with van der Waals surface area (Å²) in [6.07, 6.45) is 13.8. The van der Waals surface area contributed by atoms with Gasteiger partial charge in [-0.3, -0.25) is 0 Å². The van der Waals surface area contributed by atoms with Gasteiger partial charge in [-0.25, -0.2) is 0 Å². The van der Waals surface area contributed by atoms with E-state index in [1.807, 2.05) is 0 Å². The number of unbranched alkanes of at least 4 members (excludes halogenated alkanes) is 8. The van der Waals surface area contributed by atoms with Crippen molar-refractivity contribution in [3.8, 4) is 0 Å². The van der Waals surface area contributed by atoms with E-state index in [9.17, 15) is 9.90 Å². The molecule has 0 heterocycles. The zero-order chi connectivity index (χ0) is 18.6. The second-order valence-corrected chi connectivity index (χ2v) is 6.61. The summed E-state index contributed by atoms with van der Waals surface area (Å²) in [4.78, 5) is 10.3. The Bertz CT molecular complexity index is 289. The van der Waals surface area contributed by atoms with Gasteiger partial charge >= 0.3 is 29.6 Å². The largest absolute Gasteiger partial charge is 1.00 e. The smallest absolute Gasteiger partial charge is 0.548 e. The van der Waals surface area contributed by atoms with Crippen LogP contribution < -0.4 is 34.7 Å². The molecule has 0 bridgehead atoms. The standard InChI is InChI=1S/C20H40O5.Na/c1-3-5-6-7-8-9-10-11-12-13-19(17-23-14-4-2)25-16-15-24-18-20(21)22;/h19H,3-18H2,1-2H3,(H,21,22);/q;+1/p-1. The number of rotatable bonds is 20.